The third-order valence-electron chi connectivity index (χ3n) is 3.38. The minimum Gasteiger partial charge on any atom is -0.294 e. The molecule has 2 heteroatoms. The highest BCUT2D eigenvalue weighted by molar-refractivity contribution is 6.19. The summed E-state index contributed by atoms with van der Waals surface area (Å²) < 4.78 is 0. The summed E-state index contributed by atoms with van der Waals surface area (Å²) in [4.78, 5) is 11.6. The van der Waals surface area contributed by atoms with Gasteiger partial charge in [0.1, 0.15) is 0 Å². The third-order valence-corrected chi connectivity index (χ3v) is 3.57. The Labute approximate surface area is 102 Å². The Balaban J connectivity index is 2.06. The van der Waals surface area contributed by atoms with Crippen molar-refractivity contribution in [2.24, 2.45) is 0 Å². The van der Waals surface area contributed by atoms with Crippen LogP contribution in [-0.4, -0.2) is 11.7 Å². The highest BCUT2D eigenvalue weighted by atomic mass is 35.5. The predicted octanol–water partition coefficient (Wildman–Crippen LogP) is 4.16. The highest BCUT2D eigenvalue weighted by Gasteiger charge is 2.17. The molecule has 0 heterocycles. The lowest BCUT2D eigenvalue weighted by Crippen LogP contribution is -2.00. The Morgan fingerprint density at radius 2 is 1.81 bits per heavy atom. The Hall–Kier alpha value is -0.820. The monoisotopic (exact) mass is 236 g/mol. The average molecular weight is 237 g/mol. The number of hydrogen-bond donors (Lipinski definition) is 0. The van der Waals surface area contributed by atoms with Crippen LogP contribution in [0.1, 0.15) is 53.9 Å². The molecule has 2 rings (SSSR count). The van der Waals surface area contributed by atoms with Crippen LogP contribution in [0, 0.1) is 0 Å². The van der Waals surface area contributed by atoms with Gasteiger partial charge in [-0.2, -0.15) is 0 Å². The van der Waals surface area contributed by atoms with Gasteiger partial charge in [0.2, 0.25) is 0 Å². The van der Waals surface area contributed by atoms with Gasteiger partial charge in [0, 0.05) is 17.9 Å². The van der Waals surface area contributed by atoms with Crippen LogP contribution in [0.25, 0.3) is 0 Å². The maximum absolute atomic E-state index is 11.6. The molecule has 1 fully saturated rings. The molecule has 0 saturated heterocycles. The van der Waals surface area contributed by atoms with Crippen molar-refractivity contribution >= 4 is 17.4 Å². The summed E-state index contributed by atoms with van der Waals surface area (Å²) in [5, 5.41) is 0. The number of rotatable bonds is 4. The van der Waals surface area contributed by atoms with Gasteiger partial charge in [-0.15, -0.1) is 11.6 Å². The molecule has 1 aliphatic carbocycles. The normalized spacial score (nSPS) is 16.6. The minimum absolute atomic E-state index is 0.146. The molecule has 0 spiro atoms. The predicted molar refractivity (Wildman–Crippen MR) is 67.3 cm³/mol. The van der Waals surface area contributed by atoms with Crippen LogP contribution in [0.3, 0.4) is 0 Å². The number of hydrogen-bond acceptors (Lipinski definition) is 1. The van der Waals surface area contributed by atoms with Crippen molar-refractivity contribution in [1.82, 2.24) is 0 Å². The van der Waals surface area contributed by atoms with E-state index in [1.54, 1.807) is 0 Å². The summed E-state index contributed by atoms with van der Waals surface area (Å²) in [5.74, 6) is 1.27. The molecule has 0 unspecified atom stereocenters. The van der Waals surface area contributed by atoms with Gasteiger partial charge in [-0.05, 0) is 24.3 Å². The van der Waals surface area contributed by atoms with Gasteiger partial charge in [0.05, 0.1) is 0 Å². The summed E-state index contributed by atoms with van der Waals surface area (Å²) in [5.41, 5.74) is 2.18. The van der Waals surface area contributed by atoms with E-state index in [1.165, 1.54) is 31.2 Å². The maximum Gasteiger partial charge on any atom is 0.164 e. The molecule has 0 atom stereocenters. The van der Waals surface area contributed by atoms with Crippen LogP contribution in [0.2, 0.25) is 0 Å². The second-order valence-corrected chi connectivity index (χ2v) is 4.84. The quantitative estimate of drug-likeness (QED) is 0.567. The molecule has 0 aliphatic heterocycles. The fraction of sp³-hybridized carbons (Fsp3) is 0.500. The first-order chi connectivity index (χ1) is 7.81. The molecule has 0 amide bonds. The number of benzene rings is 1. The van der Waals surface area contributed by atoms with E-state index < -0.39 is 0 Å². The molecule has 0 radical (unpaired) electrons. The number of carbonyl (C=O) groups excluding carboxylic acids is 1. The SMILES string of the molecule is O=C(CCCl)c1ccc(C2CCCC2)cc1. The van der Waals surface area contributed by atoms with E-state index in [-0.39, 0.29) is 5.78 Å². The topological polar surface area (TPSA) is 17.1 Å². The molecule has 86 valence electrons. The summed E-state index contributed by atoms with van der Waals surface area (Å²) >= 11 is 5.56. The highest BCUT2D eigenvalue weighted by Crippen LogP contribution is 2.33. The molecule has 1 saturated carbocycles. The number of halogens is 1. The van der Waals surface area contributed by atoms with Crippen LogP contribution in [0.4, 0.5) is 0 Å². The standard InChI is InChI=1S/C14H17ClO/c15-10-9-14(16)13-7-5-12(6-8-13)11-3-1-2-4-11/h5-8,11H,1-4,9-10H2. The third kappa shape index (κ3) is 2.65. The zero-order chi connectivity index (χ0) is 11.4. The number of carbonyl (C=O) groups is 1. The van der Waals surface area contributed by atoms with Crippen molar-refractivity contribution in [3.05, 3.63) is 35.4 Å². The van der Waals surface area contributed by atoms with E-state index in [0.717, 1.165) is 11.5 Å². The van der Waals surface area contributed by atoms with Gasteiger partial charge in [0.15, 0.2) is 5.78 Å². The van der Waals surface area contributed by atoms with Crippen molar-refractivity contribution in [2.75, 3.05) is 5.88 Å². The Kier molecular flexibility index (Phi) is 4.00. The van der Waals surface area contributed by atoms with Gasteiger partial charge < -0.3 is 0 Å². The van der Waals surface area contributed by atoms with Crippen LogP contribution in [-0.2, 0) is 0 Å². The summed E-state index contributed by atoms with van der Waals surface area (Å²) in [6.45, 7) is 0. The van der Waals surface area contributed by atoms with E-state index >= 15 is 0 Å². The lowest BCUT2D eigenvalue weighted by Gasteiger charge is -2.09. The average Bonchev–Trinajstić information content (AvgIpc) is 2.83. The molecule has 1 aromatic rings. The van der Waals surface area contributed by atoms with Gasteiger partial charge >= 0.3 is 0 Å². The molecule has 0 aromatic heterocycles. The number of alkyl halides is 1. The first-order valence-corrected chi connectivity index (χ1v) is 6.54. The van der Waals surface area contributed by atoms with Crippen molar-refractivity contribution in [3.8, 4) is 0 Å². The Morgan fingerprint density at radius 3 is 2.38 bits per heavy atom. The van der Waals surface area contributed by atoms with Gasteiger partial charge in [-0.25, -0.2) is 0 Å². The van der Waals surface area contributed by atoms with E-state index in [0.29, 0.717) is 12.3 Å². The number of ketones is 1. The fourth-order valence-corrected chi connectivity index (χ4v) is 2.60. The van der Waals surface area contributed by atoms with Crippen molar-refractivity contribution < 1.29 is 4.79 Å². The summed E-state index contributed by atoms with van der Waals surface area (Å²) in [7, 11) is 0. The second-order valence-electron chi connectivity index (χ2n) is 4.47. The first-order valence-electron chi connectivity index (χ1n) is 6.00. The number of Topliss-reactive ketones (excluding diaryl/α,β-unsaturated/α-hetero) is 1. The lowest BCUT2D eigenvalue weighted by atomic mass is 9.96. The van der Waals surface area contributed by atoms with Crippen molar-refractivity contribution in [1.29, 1.82) is 0 Å². The zero-order valence-corrected chi connectivity index (χ0v) is 10.2. The molecule has 1 aliphatic rings. The van der Waals surface area contributed by atoms with Gasteiger partial charge in [0.25, 0.3) is 0 Å². The maximum atomic E-state index is 11.6. The largest absolute Gasteiger partial charge is 0.294 e. The first kappa shape index (κ1) is 11.7. The van der Waals surface area contributed by atoms with E-state index in [1.807, 2.05) is 12.1 Å². The van der Waals surface area contributed by atoms with Gasteiger partial charge in [-0.3, -0.25) is 4.79 Å². The van der Waals surface area contributed by atoms with Gasteiger partial charge in [-0.1, -0.05) is 37.1 Å². The van der Waals surface area contributed by atoms with Crippen LogP contribution in [0.5, 0.6) is 0 Å². The van der Waals surface area contributed by atoms with Crippen LogP contribution in [0.15, 0.2) is 24.3 Å². The van der Waals surface area contributed by atoms with Crippen molar-refractivity contribution in [3.63, 3.8) is 0 Å². The van der Waals surface area contributed by atoms with Crippen LogP contribution >= 0.6 is 11.6 Å². The summed E-state index contributed by atoms with van der Waals surface area (Å²) in [6, 6.07) is 8.11. The van der Waals surface area contributed by atoms with E-state index in [2.05, 4.69) is 12.1 Å². The molecule has 1 aromatic carbocycles. The molecular formula is C14H17ClO. The second kappa shape index (κ2) is 5.49. The summed E-state index contributed by atoms with van der Waals surface area (Å²) in [6.07, 6.45) is 5.73. The zero-order valence-electron chi connectivity index (χ0n) is 9.42. The van der Waals surface area contributed by atoms with E-state index in [9.17, 15) is 4.79 Å². The Morgan fingerprint density at radius 1 is 1.19 bits per heavy atom. The minimum atomic E-state index is 0.146. The Bertz CT molecular complexity index is 350. The molecule has 1 nitrogen and oxygen atoms in total. The molecular weight excluding hydrogens is 220 g/mol. The smallest absolute Gasteiger partial charge is 0.164 e. The van der Waals surface area contributed by atoms with Crippen LogP contribution < -0.4 is 0 Å². The molecule has 0 N–H and O–H groups in total. The molecule has 0 bridgehead atoms. The fourth-order valence-electron chi connectivity index (χ4n) is 2.43. The lowest BCUT2D eigenvalue weighted by molar-refractivity contribution is 0.0989. The van der Waals surface area contributed by atoms with Crippen molar-refractivity contribution in [2.45, 2.75) is 38.0 Å². The van der Waals surface area contributed by atoms with E-state index in [4.69, 9.17) is 11.6 Å². The molecule has 16 heavy (non-hydrogen) atoms.